The zero-order chi connectivity index (χ0) is 15.1. The number of aromatic nitrogens is 2. The first-order valence-corrected chi connectivity index (χ1v) is 7.85. The number of nitrogens with zero attached hydrogens (tertiary/aromatic N) is 2. The van der Waals surface area contributed by atoms with Gasteiger partial charge in [-0.15, -0.1) is 0 Å². The largest absolute Gasteiger partial charge is 0.496 e. The molecule has 108 valence electrons. The second-order valence-corrected chi connectivity index (χ2v) is 6.40. The van der Waals surface area contributed by atoms with Crippen molar-refractivity contribution in [2.45, 2.75) is 0 Å². The van der Waals surface area contributed by atoms with Crippen LogP contribution in [0.1, 0.15) is 0 Å². The Morgan fingerprint density at radius 3 is 2.76 bits per heavy atom. The van der Waals surface area contributed by atoms with Crippen molar-refractivity contribution >= 4 is 55.5 Å². The summed E-state index contributed by atoms with van der Waals surface area (Å²) in [5, 5.41) is 0. The van der Waals surface area contributed by atoms with Crippen LogP contribution in [0.5, 0.6) is 5.75 Å². The first kappa shape index (κ1) is 14.6. The van der Waals surface area contributed by atoms with Gasteiger partial charge in [0, 0.05) is 6.07 Å². The van der Waals surface area contributed by atoms with Crippen LogP contribution < -0.4 is 10.5 Å². The molecule has 0 aliphatic carbocycles. The average molecular weight is 462 g/mol. The Morgan fingerprint density at radius 1 is 1.33 bits per heavy atom. The van der Waals surface area contributed by atoms with Crippen molar-refractivity contribution < 1.29 is 9.13 Å². The predicted octanol–water partition coefficient (Wildman–Crippen LogP) is 4.12. The summed E-state index contributed by atoms with van der Waals surface area (Å²) < 4.78 is 22.0. The van der Waals surface area contributed by atoms with E-state index in [1.54, 1.807) is 17.7 Å². The number of imidazole rings is 1. The molecule has 2 aromatic carbocycles. The summed E-state index contributed by atoms with van der Waals surface area (Å²) >= 11 is 5.37. The minimum atomic E-state index is -0.295. The van der Waals surface area contributed by atoms with Gasteiger partial charge in [0.05, 0.1) is 31.9 Å². The van der Waals surface area contributed by atoms with Crippen LogP contribution in [0.25, 0.3) is 16.7 Å². The molecule has 7 heteroatoms. The molecule has 3 rings (SSSR count). The van der Waals surface area contributed by atoms with Gasteiger partial charge in [-0.2, -0.15) is 0 Å². The number of halogens is 3. The van der Waals surface area contributed by atoms with E-state index in [9.17, 15) is 4.39 Å². The minimum absolute atomic E-state index is 0.295. The molecule has 0 spiro atoms. The fraction of sp³-hybridized carbons (Fsp3) is 0.0714. The van der Waals surface area contributed by atoms with Gasteiger partial charge in [0.2, 0.25) is 5.95 Å². The highest BCUT2D eigenvalue weighted by Crippen LogP contribution is 2.31. The van der Waals surface area contributed by atoms with E-state index in [-0.39, 0.29) is 5.82 Å². The minimum Gasteiger partial charge on any atom is -0.496 e. The summed E-state index contributed by atoms with van der Waals surface area (Å²) in [5.74, 6) is 0.725. The molecule has 2 N–H and O–H groups in total. The Morgan fingerprint density at radius 2 is 2.10 bits per heavy atom. The van der Waals surface area contributed by atoms with Gasteiger partial charge >= 0.3 is 0 Å². The Hall–Kier alpha value is -1.35. The van der Waals surface area contributed by atoms with Crippen LogP contribution in [0, 0.1) is 9.39 Å². The fourth-order valence-corrected chi connectivity index (χ4v) is 3.14. The number of hydrogen-bond acceptors (Lipinski definition) is 3. The van der Waals surface area contributed by atoms with E-state index in [0.717, 1.165) is 10.2 Å². The van der Waals surface area contributed by atoms with Gasteiger partial charge in [0.1, 0.15) is 11.6 Å². The number of nitrogens with two attached hydrogens (primary N) is 1. The standard InChI is InChI=1S/C14H10BrFIN3O/c1-21-13-3-2-7(4-8(13)15)20-12-5-9(16)10(17)6-11(12)19-14(20)18/h2-6H,1H3,(H2,18,19). The normalized spacial score (nSPS) is 11.0. The molecule has 0 saturated heterocycles. The zero-order valence-corrected chi connectivity index (χ0v) is 14.6. The van der Waals surface area contributed by atoms with Crippen LogP contribution in [0.3, 0.4) is 0 Å². The Labute approximate surface area is 142 Å². The molecule has 0 fully saturated rings. The summed E-state index contributed by atoms with van der Waals surface area (Å²) in [7, 11) is 1.60. The van der Waals surface area contributed by atoms with E-state index in [1.807, 2.05) is 40.8 Å². The molecule has 1 aromatic heterocycles. The monoisotopic (exact) mass is 461 g/mol. The van der Waals surface area contributed by atoms with Gasteiger partial charge in [-0.3, -0.25) is 4.57 Å². The molecule has 0 aliphatic rings. The van der Waals surface area contributed by atoms with Crippen molar-refractivity contribution in [3.05, 3.63) is 44.2 Å². The summed E-state index contributed by atoms with van der Waals surface area (Å²) in [4.78, 5) is 4.29. The van der Waals surface area contributed by atoms with Crippen molar-refractivity contribution in [3.8, 4) is 11.4 Å². The van der Waals surface area contributed by atoms with Gasteiger partial charge in [-0.25, -0.2) is 9.37 Å². The molecule has 4 nitrogen and oxygen atoms in total. The first-order valence-electron chi connectivity index (χ1n) is 5.98. The number of rotatable bonds is 2. The molecular formula is C14H10BrFIN3O. The van der Waals surface area contributed by atoms with Gasteiger partial charge in [0.25, 0.3) is 0 Å². The third-order valence-electron chi connectivity index (χ3n) is 3.12. The number of hydrogen-bond donors (Lipinski definition) is 1. The van der Waals surface area contributed by atoms with Crippen molar-refractivity contribution in [1.29, 1.82) is 0 Å². The number of benzene rings is 2. The van der Waals surface area contributed by atoms with E-state index < -0.39 is 0 Å². The van der Waals surface area contributed by atoms with Crippen LogP contribution in [0.15, 0.2) is 34.8 Å². The molecule has 3 aromatic rings. The Kier molecular flexibility index (Phi) is 3.78. The summed E-state index contributed by atoms with van der Waals surface area (Å²) in [5.41, 5.74) is 8.05. The van der Waals surface area contributed by atoms with Gasteiger partial charge < -0.3 is 10.5 Å². The molecule has 0 radical (unpaired) electrons. The fourth-order valence-electron chi connectivity index (χ4n) is 2.16. The lowest BCUT2D eigenvalue weighted by Gasteiger charge is -2.09. The van der Waals surface area contributed by atoms with Crippen molar-refractivity contribution in [2.75, 3.05) is 12.8 Å². The van der Waals surface area contributed by atoms with Crippen molar-refractivity contribution in [2.24, 2.45) is 0 Å². The lowest BCUT2D eigenvalue weighted by Crippen LogP contribution is -2.01. The topological polar surface area (TPSA) is 53.1 Å². The van der Waals surface area contributed by atoms with E-state index in [4.69, 9.17) is 10.5 Å². The number of anilines is 1. The van der Waals surface area contributed by atoms with Crippen LogP contribution in [-0.2, 0) is 0 Å². The Bertz CT molecular complexity index is 850. The molecule has 21 heavy (non-hydrogen) atoms. The van der Waals surface area contributed by atoms with Crippen LogP contribution in [-0.4, -0.2) is 16.7 Å². The highest BCUT2D eigenvalue weighted by atomic mass is 127. The second-order valence-electron chi connectivity index (χ2n) is 4.38. The van der Waals surface area contributed by atoms with Gasteiger partial charge in [-0.05, 0) is 62.8 Å². The molecule has 0 atom stereocenters. The van der Waals surface area contributed by atoms with Crippen molar-refractivity contribution in [3.63, 3.8) is 0 Å². The maximum atomic E-state index is 13.8. The molecule has 0 aliphatic heterocycles. The van der Waals surface area contributed by atoms with E-state index in [0.29, 0.717) is 26.3 Å². The maximum absolute atomic E-state index is 13.8. The lowest BCUT2D eigenvalue weighted by molar-refractivity contribution is 0.412. The molecule has 1 heterocycles. The quantitative estimate of drug-likeness (QED) is 0.584. The zero-order valence-electron chi connectivity index (χ0n) is 10.9. The highest BCUT2D eigenvalue weighted by molar-refractivity contribution is 14.1. The maximum Gasteiger partial charge on any atom is 0.205 e. The Balaban J connectivity index is 2.27. The molecule has 0 amide bonds. The first-order chi connectivity index (χ1) is 10.0. The summed E-state index contributed by atoms with van der Waals surface area (Å²) in [6.07, 6.45) is 0. The van der Waals surface area contributed by atoms with Gasteiger partial charge in [-0.1, -0.05) is 0 Å². The average Bonchev–Trinajstić information content (AvgIpc) is 2.74. The van der Waals surface area contributed by atoms with Crippen LogP contribution in [0.2, 0.25) is 0 Å². The lowest BCUT2D eigenvalue weighted by atomic mass is 10.2. The molecule has 0 bridgehead atoms. The highest BCUT2D eigenvalue weighted by Gasteiger charge is 2.14. The van der Waals surface area contributed by atoms with E-state index >= 15 is 0 Å². The smallest absolute Gasteiger partial charge is 0.205 e. The molecule has 0 unspecified atom stereocenters. The predicted molar refractivity (Wildman–Crippen MR) is 92.4 cm³/mol. The van der Waals surface area contributed by atoms with E-state index in [1.165, 1.54) is 6.07 Å². The number of methoxy groups -OCH3 is 1. The molecule has 0 saturated carbocycles. The summed E-state index contributed by atoms with van der Waals surface area (Å²) in [6, 6.07) is 8.63. The third kappa shape index (κ3) is 2.48. The van der Waals surface area contributed by atoms with Crippen LogP contribution >= 0.6 is 38.5 Å². The third-order valence-corrected chi connectivity index (χ3v) is 4.56. The van der Waals surface area contributed by atoms with Crippen LogP contribution in [0.4, 0.5) is 10.3 Å². The second kappa shape index (κ2) is 5.45. The SMILES string of the molecule is COc1ccc(-n2c(N)nc3cc(I)c(F)cc32)cc1Br. The van der Waals surface area contributed by atoms with Gasteiger partial charge in [0.15, 0.2) is 0 Å². The summed E-state index contributed by atoms with van der Waals surface area (Å²) in [6.45, 7) is 0. The number of fused-ring (bicyclic) bond motifs is 1. The number of nitrogen functional groups attached to an aromatic ring is 1. The number of ether oxygens (including phenoxy) is 1. The van der Waals surface area contributed by atoms with Crippen molar-refractivity contribution in [1.82, 2.24) is 9.55 Å². The van der Waals surface area contributed by atoms with E-state index in [2.05, 4.69) is 20.9 Å². The molecular weight excluding hydrogens is 452 g/mol.